The molecule has 0 radical (unpaired) electrons. The summed E-state index contributed by atoms with van der Waals surface area (Å²) in [6, 6.07) is 10.9. The Kier molecular flexibility index (Phi) is 5.09. The Labute approximate surface area is 149 Å². The van der Waals surface area contributed by atoms with Crippen molar-refractivity contribution in [3.05, 3.63) is 47.7 Å². The molecule has 0 bridgehead atoms. The van der Waals surface area contributed by atoms with E-state index in [1.807, 2.05) is 0 Å². The van der Waals surface area contributed by atoms with E-state index in [2.05, 4.69) is 50.3 Å². The van der Waals surface area contributed by atoms with Gasteiger partial charge >= 0.3 is 0 Å². The lowest BCUT2D eigenvalue weighted by Gasteiger charge is -2.27. The first-order valence-corrected chi connectivity index (χ1v) is 10.5. The first kappa shape index (κ1) is 16.4. The summed E-state index contributed by atoms with van der Waals surface area (Å²) in [5.41, 5.74) is 6.10. The fourth-order valence-electron chi connectivity index (χ4n) is 4.93. The number of benzene rings is 1. The Morgan fingerprint density at radius 2 is 1.33 bits per heavy atom. The summed E-state index contributed by atoms with van der Waals surface area (Å²) in [6.45, 7) is 0. The van der Waals surface area contributed by atoms with Gasteiger partial charge in [-0.15, -0.1) is 0 Å². The van der Waals surface area contributed by atoms with Gasteiger partial charge in [-0.2, -0.15) is 0 Å². The molecule has 4 rings (SSSR count). The Bertz CT molecular complexity index is 661. The van der Waals surface area contributed by atoms with Crippen LogP contribution in [0, 0.1) is 0 Å². The van der Waals surface area contributed by atoms with E-state index in [0.717, 1.165) is 11.8 Å². The summed E-state index contributed by atoms with van der Waals surface area (Å²) in [5.74, 6) is 1.58. The molecule has 2 aliphatic carbocycles. The van der Waals surface area contributed by atoms with Crippen LogP contribution in [0.25, 0.3) is 5.69 Å². The summed E-state index contributed by atoms with van der Waals surface area (Å²) in [7, 11) is 3.09. The SMILES string of the molecule is Pc1c(C2CCCCC2)c(C2CCCCC2)cn1-c1ccccc1. The normalized spacial score (nSPS) is 20.4. The molecule has 1 aromatic carbocycles. The third-order valence-electron chi connectivity index (χ3n) is 6.21. The average Bonchev–Trinajstić information content (AvgIpc) is 3.01. The first-order valence-electron chi connectivity index (χ1n) is 9.90. The molecule has 128 valence electrons. The molecule has 2 aromatic rings. The maximum atomic E-state index is 3.09. The third-order valence-corrected chi connectivity index (χ3v) is 6.80. The maximum absolute atomic E-state index is 3.09. The van der Waals surface area contributed by atoms with Crippen LogP contribution in [-0.2, 0) is 0 Å². The highest BCUT2D eigenvalue weighted by molar-refractivity contribution is 7.27. The lowest BCUT2D eigenvalue weighted by Crippen LogP contribution is -2.17. The van der Waals surface area contributed by atoms with Crippen molar-refractivity contribution in [2.24, 2.45) is 0 Å². The standard InChI is InChI=1S/C22H30NP/c24-22-21(18-12-6-2-7-13-18)20(17-10-4-1-5-11-17)16-23(22)19-14-8-3-9-15-19/h3,8-9,14-18H,1-2,4-7,10-13,24H2. The lowest BCUT2D eigenvalue weighted by molar-refractivity contribution is 0.421. The van der Waals surface area contributed by atoms with Crippen molar-refractivity contribution in [1.82, 2.24) is 4.57 Å². The van der Waals surface area contributed by atoms with Gasteiger partial charge < -0.3 is 4.57 Å². The lowest BCUT2D eigenvalue weighted by atomic mass is 9.78. The van der Waals surface area contributed by atoms with Crippen molar-refractivity contribution in [2.75, 3.05) is 0 Å². The largest absolute Gasteiger partial charge is 0.317 e. The second-order valence-electron chi connectivity index (χ2n) is 7.76. The number of rotatable bonds is 3. The third kappa shape index (κ3) is 3.21. The van der Waals surface area contributed by atoms with Gasteiger partial charge in [-0.05, 0) is 60.8 Å². The molecule has 0 aliphatic heterocycles. The predicted octanol–water partition coefficient (Wildman–Crippen LogP) is 6.07. The molecule has 0 saturated heterocycles. The number of hydrogen-bond acceptors (Lipinski definition) is 0. The first-order chi connectivity index (χ1) is 11.8. The van der Waals surface area contributed by atoms with Crippen LogP contribution in [0.15, 0.2) is 36.5 Å². The number of nitrogens with zero attached hydrogens (tertiary/aromatic N) is 1. The van der Waals surface area contributed by atoms with E-state index < -0.39 is 0 Å². The molecule has 0 amide bonds. The molecule has 1 unspecified atom stereocenters. The van der Waals surface area contributed by atoms with Gasteiger partial charge in [-0.25, -0.2) is 0 Å². The molecule has 2 aliphatic rings. The molecule has 24 heavy (non-hydrogen) atoms. The van der Waals surface area contributed by atoms with Gasteiger partial charge in [0.2, 0.25) is 0 Å². The average molecular weight is 339 g/mol. The minimum atomic E-state index is 0.785. The van der Waals surface area contributed by atoms with Crippen LogP contribution < -0.4 is 5.44 Å². The van der Waals surface area contributed by atoms with Gasteiger partial charge in [0, 0.05) is 17.3 Å². The molecule has 1 atom stereocenters. The van der Waals surface area contributed by atoms with E-state index in [1.54, 1.807) is 11.1 Å². The molecule has 1 heterocycles. The fourth-order valence-corrected chi connectivity index (χ4v) is 5.56. The molecule has 0 N–H and O–H groups in total. The Balaban J connectivity index is 1.77. The van der Waals surface area contributed by atoms with Crippen LogP contribution >= 0.6 is 9.24 Å². The highest BCUT2D eigenvalue weighted by atomic mass is 31.0. The van der Waals surface area contributed by atoms with E-state index in [4.69, 9.17) is 0 Å². The van der Waals surface area contributed by atoms with Gasteiger partial charge in [-0.3, -0.25) is 0 Å². The highest BCUT2D eigenvalue weighted by Crippen LogP contribution is 2.41. The zero-order valence-electron chi connectivity index (χ0n) is 14.7. The minimum absolute atomic E-state index is 0.785. The summed E-state index contributed by atoms with van der Waals surface area (Å²) < 4.78 is 2.44. The van der Waals surface area contributed by atoms with Crippen LogP contribution in [0.5, 0.6) is 0 Å². The van der Waals surface area contributed by atoms with E-state index in [0.29, 0.717) is 0 Å². The van der Waals surface area contributed by atoms with Gasteiger partial charge in [0.1, 0.15) is 0 Å². The van der Waals surface area contributed by atoms with Crippen molar-refractivity contribution in [2.45, 2.75) is 76.0 Å². The van der Waals surface area contributed by atoms with Crippen molar-refractivity contribution in [3.8, 4) is 5.69 Å². The predicted molar refractivity (Wildman–Crippen MR) is 107 cm³/mol. The summed E-state index contributed by atoms with van der Waals surface area (Å²) in [6.07, 6.45) is 16.6. The van der Waals surface area contributed by atoms with Crippen LogP contribution in [0.3, 0.4) is 0 Å². The fraction of sp³-hybridized carbons (Fsp3) is 0.545. The summed E-state index contributed by atoms with van der Waals surface area (Å²) >= 11 is 0. The zero-order valence-corrected chi connectivity index (χ0v) is 15.9. The van der Waals surface area contributed by atoms with Crippen molar-refractivity contribution in [3.63, 3.8) is 0 Å². The number of aromatic nitrogens is 1. The molecular formula is C22H30NP. The zero-order chi connectivity index (χ0) is 16.4. The molecule has 0 spiro atoms. The Morgan fingerprint density at radius 3 is 1.96 bits per heavy atom. The molecule has 2 fully saturated rings. The topological polar surface area (TPSA) is 4.93 Å². The second kappa shape index (κ2) is 7.44. The van der Waals surface area contributed by atoms with Crippen LogP contribution in [-0.4, -0.2) is 4.57 Å². The van der Waals surface area contributed by atoms with Crippen LogP contribution in [0.4, 0.5) is 0 Å². The van der Waals surface area contributed by atoms with Crippen molar-refractivity contribution in [1.29, 1.82) is 0 Å². The molecule has 1 aromatic heterocycles. The van der Waals surface area contributed by atoms with Gasteiger partial charge in [0.15, 0.2) is 0 Å². The molecular weight excluding hydrogens is 309 g/mol. The smallest absolute Gasteiger partial charge is 0.0455 e. The van der Waals surface area contributed by atoms with Crippen LogP contribution in [0.1, 0.15) is 87.2 Å². The van der Waals surface area contributed by atoms with E-state index >= 15 is 0 Å². The van der Waals surface area contributed by atoms with Crippen LogP contribution in [0.2, 0.25) is 0 Å². The molecule has 1 nitrogen and oxygen atoms in total. The van der Waals surface area contributed by atoms with E-state index in [9.17, 15) is 0 Å². The Morgan fingerprint density at radius 1 is 0.750 bits per heavy atom. The van der Waals surface area contributed by atoms with Crippen molar-refractivity contribution < 1.29 is 0 Å². The van der Waals surface area contributed by atoms with E-state index in [1.165, 1.54) is 75.3 Å². The van der Waals surface area contributed by atoms with Gasteiger partial charge in [0.05, 0.1) is 0 Å². The summed E-state index contributed by atoms with van der Waals surface area (Å²) in [4.78, 5) is 0. The Hall–Kier alpha value is -1.07. The minimum Gasteiger partial charge on any atom is -0.317 e. The number of para-hydroxylation sites is 1. The maximum Gasteiger partial charge on any atom is 0.0455 e. The van der Waals surface area contributed by atoms with Gasteiger partial charge in [0.25, 0.3) is 0 Å². The van der Waals surface area contributed by atoms with E-state index in [-0.39, 0.29) is 0 Å². The number of hydrogen-bond donors (Lipinski definition) is 0. The summed E-state index contributed by atoms with van der Waals surface area (Å²) in [5, 5.41) is 0. The van der Waals surface area contributed by atoms with Gasteiger partial charge in [-0.1, -0.05) is 66.0 Å². The van der Waals surface area contributed by atoms with Crippen molar-refractivity contribution >= 4 is 14.7 Å². The highest BCUT2D eigenvalue weighted by Gasteiger charge is 2.28. The quantitative estimate of drug-likeness (QED) is 0.598. The molecule has 2 saturated carbocycles. The second-order valence-corrected chi connectivity index (χ2v) is 8.31. The monoisotopic (exact) mass is 339 g/mol. The molecule has 2 heteroatoms.